The minimum atomic E-state index is -0.574. The van der Waals surface area contributed by atoms with E-state index in [9.17, 15) is 14.3 Å². The summed E-state index contributed by atoms with van der Waals surface area (Å²) in [6.45, 7) is 0.0883. The molecule has 33 heavy (non-hydrogen) atoms. The van der Waals surface area contributed by atoms with E-state index >= 15 is 0 Å². The smallest absolute Gasteiger partial charge is 0.263 e. The maximum atomic E-state index is 14.8. The Balaban J connectivity index is 1.70. The van der Waals surface area contributed by atoms with Gasteiger partial charge in [-0.25, -0.2) is 14.4 Å². The van der Waals surface area contributed by atoms with Crippen molar-refractivity contribution in [1.29, 1.82) is 0 Å². The number of benzene rings is 2. The highest BCUT2D eigenvalue weighted by Crippen LogP contribution is 2.46. The van der Waals surface area contributed by atoms with Gasteiger partial charge in [0.1, 0.15) is 33.7 Å². The SMILES string of the molecule is COc1ccc(-c2nc3sc4c(O)ccc(F)c4c3c(=O)n2Cc2cnco2)c(C2CC2)c1. The predicted molar refractivity (Wildman–Crippen MR) is 123 cm³/mol. The van der Waals surface area contributed by atoms with Gasteiger partial charge in [-0.3, -0.25) is 9.36 Å². The highest BCUT2D eigenvalue weighted by Gasteiger charge is 2.29. The Morgan fingerprint density at radius 2 is 2.12 bits per heavy atom. The number of halogens is 1. The third-order valence-corrected chi connectivity index (χ3v) is 7.09. The van der Waals surface area contributed by atoms with Gasteiger partial charge in [-0.15, -0.1) is 11.3 Å². The van der Waals surface area contributed by atoms with Crippen molar-refractivity contribution in [3.63, 3.8) is 0 Å². The van der Waals surface area contributed by atoms with Crippen molar-refractivity contribution in [2.45, 2.75) is 25.3 Å². The number of aromatic hydroxyl groups is 1. The lowest BCUT2D eigenvalue weighted by Gasteiger charge is -2.15. The zero-order valence-corrected chi connectivity index (χ0v) is 18.4. The number of rotatable bonds is 5. The normalized spacial score (nSPS) is 13.8. The third kappa shape index (κ3) is 3.19. The van der Waals surface area contributed by atoms with Crippen LogP contribution >= 0.6 is 11.3 Å². The fourth-order valence-electron chi connectivity index (χ4n) is 4.24. The van der Waals surface area contributed by atoms with Crippen molar-refractivity contribution in [2.24, 2.45) is 0 Å². The van der Waals surface area contributed by atoms with Crippen molar-refractivity contribution < 1.29 is 18.7 Å². The standard InChI is InChI=1S/C24H18FN3O4S/c1-31-13-4-5-15(16(8-13)12-2-3-12)22-27-23-20(19-17(25)6-7-18(29)21(19)33-23)24(30)28(22)10-14-9-26-11-32-14/h4-9,11-12,29H,2-3,10H2,1H3. The molecule has 1 saturated carbocycles. The minimum absolute atomic E-state index is 0.0831. The van der Waals surface area contributed by atoms with Gasteiger partial charge in [0.25, 0.3) is 5.56 Å². The number of hydrogen-bond donors (Lipinski definition) is 1. The number of ether oxygens (including phenoxy) is 1. The molecule has 0 amide bonds. The van der Waals surface area contributed by atoms with E-state index in [1.54, 1.807) is 7.11 Å². The fraction of sp³-hybridized carbons (Fsp3) is 0.208. The van der Waals surface area contributed by atoms with Crippen LogP contribution < -0.4 is 10.3 Å². The monoisotopic (exact) mass is 463 g/mol. The molecule has 3 aromatic heterocycles. The van der Waals surface area contributed by atoms with Crippen molar-refractivity contribution in [3.8, 4) is 22.9 Å². The molecule has 0 unspecified atom stereocenters. The Morgan fingerprint density at radius 1 is 1.27 bits per heavy atom. The molecule has 0 aliphatic heterocycles. The summed E-state index contributed by atoms with van der Waals surface area (Å²) in [7, 11) is 1.62. The molecule has 1 fully saturated rings. The molecule has 166 valence electrons. The van der Waals surface area contributed by atoms with Gasteiger partial charge in [0.15, 0.2) is 6.39 Å². The van der Waals surface area contributed by atoms with Crippen molar-refractivity contribution >= 4 is 31.6 Å². The maximum absolute atomic E-state index is 14.8. The van der Waals surface area contributed by atoms with E-state index in [-0.39, 0.29) is 23.1 Å². The highest BCUT2D eigenvalue weighted by atomic mass is 32.1. The molecule has 0 radical (unpaired) electrons. The molecule has 0 saturated heterocycles. The molecule has 7 nitrogen and oxygen atoms in total. The van der Waals surface area contributed by atoms with Crippen molar-refractivity contribution in [3.05, 3.63) is 70.4 Å². The first-order valence-corrected chi connectivity index (χ1v) is 11.3. The molecule has 1 N–H and O–H groups in total. The molecular formula is C24H18FN3O4S. The van der Waals surface area contributed by atoms with Gasteiger partial charge < -0.3 is 14.3 Å². The first-order valence-electron chi connectivity index (χ1n) is 10.5. The molecule has 1 aliphatic rings. The number of phenols is 1. The molecule has 6 rings (SSSR count). The van der Waals surface area contributed by atoms with Gasteiger partial charge >= 0.3 is 0 Å². The van der Waals surface area contributed by atoms with Crippen LogP contribution in [-0.4, -0.2) is 26.8 Å². The van der Waals surface area contributed by atoms with Gasteiger partial charge in [0.05, 0.1) is 29.9 Å². The zero-order chi connectivity index (χ0) is 22.7. The molecule has 9 heteroatoms. The summed E-state index contributed by atoms with van der Waals surface area (Å²) >= 11 is 1.10. The van der Waals surface area contributed by atoms with E-state index in [0.717, 1.165) is 47.1 Å². The molecular weight excluding hydrogens is 445 g/mol. The molecule has 0 atom stereocenters. The minimum Gasteiger partial charge on any atom is -0.506 e. The van der Waals surface area contributed by atoms with Crippen LogP contribution in [-0.2, 0) is 6.54 Å². The van der Waals surface area contributed by atoms with Crippen molar-refractivity contribution in [1.82, 2.24) is 14.5 Å². The second kappa shape index (κ2) is 7.41. The van der Waals surface area contributed by atoms with Gasteiger partial charge in [-0.2, -0.15) is 0 Å². The number of thiophene rings is 1. The number of nitrogens with zero attached hydrogens (tertiary/aromatic N) is 3. The first kappa shape index (κ1) is 19.9. The largest absolute Gasteiger partial charge is 0.506 e. The van der Waals surface area contributed by atoms with Crippen LogP contribution in [0.5, 0.6) is 11.5 Å². The van der Waals surface area contributed by atoms with Crippen LogP contribution in [0.15, 0.2) is 52.1 Å². The summed E-state index contributed by atoms with van der Waals surface area (Å²) in [5, 5.41) is 10.5. The maximum Gasteiger partial charge on any atom is 0.263 e. The Morgan fingerprint density at radius 3 is 2.85 bits per heavy atom. The topological polar surface area (TPSA) is 90.4 Å². The summed E-state index contributed by atoms with van der Waals surface area (Å²) in [6, 6.07) is 8.18. The molecule has 3 heterocycles. The van der Waals surface area contributed by atoms with E-state index in [1.165, 1.54) is 23.2 Å². The Hall–Kier alpha value is -3.72. The Labute approximate surface area is 190 Å². The number of methoxy groups -OCH3 is 1. The van der Waals surface area contributed by atoms with E-state index in [4.69, 9.17) is 14.1 Å². The lowest BCUT2D eigenvalue weighted by Crippen LogP contribution is -2.24. The van der Waals surface area contributed by atoms with Crippen LogP contribution in [0.25, 0.3) is 31.7 Å². The summed E-state index contributed by atoms with van der Waals surface area (Å²) in [6.07, 6.45) is 4.94. The molecule has 0 bridgehead atoms. The predicted octanol–water partition coefficient (Wildman–Crippen LogP) is 5.05. The Bertz CT molecular complexity index is 1590. The van der Waals surface area contributed by atoms with E-state index < -0.39 is 11.4 Å². The van der Waals surface area contributed by atoms with Gasteiger partial charge in [-0.1, -0.05) is 0 Å². The summed E-state index contributed by atoms with van der Waals surface area (Å²) < 4.78 is 27.4. The quantitative estimate of drug-likeness (QED) is 0.393. The highest BCUT2D eigenvalue weighted by molar-refractivity contribution is 7.25. The molecule has 0 spiro atoms. The van der Waals surface area contributed by atoms with Crippen LogP contribution in [0.4, 0.5) is 4.39 Å². The third-order valence-electron chi connectivity index (χ3n) is 5.99. The molecule has 5 aromatic rings. The lowest BCUT2D eigenvalue weighted by atomic mass is 10.0. The summed E-state index contributed by atoms with van der Waals surface area (Å²) in [5.41, 5.74) is 1.47. The van der Waals surface area contributed by atoms with Crippen LogP contribution in [0.3, 0.4) is 0 Å². The van der Waals surface area contributed by atoms with Crippen LogP contribution in [0.2, 0.25) is 0 Å². The van der Waals surface area contributed by atoms with Gasteiger partial charge in [-0.05, 0) is 54.7 Å². The zero-order valence-electron chi connectivity index (χ0n) is 17.5. The first-order chi connectivity index (χ1) is 16.0. The molecule has 1 aliphatic carbocycles. The summed E-state index contributed by atoms with van der Waals surface area (Å²) in [5.74, 6) is 1.38. The number of aromatic nitrogens is 3. The lowest BCUT2D eigenvalue weighted by molar-refractivity contribution is 0.414. The average molecular weight is 463 g/mol. The molecule has 2 aromatic carbocycles. The number of fused-ring (bicyclic) bond motifs is 3. The second-order valence-electron chi connectivity index (χ2n) is 8.07. The van der Waals surface area contributed by atoms with Gasteiger partial charge in [0, 0.05) is 10.9 Å². The van der Waals surface area contributed by atoms with E-state index in [2.05, 4.69) is 4.98 Å². The average Bonchev–Trinajstić information content (AvgIpc) is 3.39. The fourth-order valence-corrected chi connectivity index (χ4v) is 5.33. The second-order valence-corrected chi connectivity index (χ2v) is 9.07. The van der Waals surface area contributed by atoms with E-state index in [0.29, 0.717) is 27.0 Å². The van der Waals surface area contributed by atoms with Gasteiger partial charge in [0.2, 0.25) is 0 Å². The van der Waals surface area contributed by atoms with Crippen LogP contribution in [0.1, 0.15) is 30.1 Å². The summed E-state index contributed by atoms with van der Waals surface area (Å²) in [4.78, 5) is 23.0. The Kier molecular flexibility index (Phi) is 4.48. The van der Waals surface area contributed by atoms with E-state index in [1.807, 2.05) is 18.2 Å². The van der Waals surface area contributed by atoms with Crippen LogP contribution in [0, 0.1) is 5.82 Å². The number of hydrogen-bond acceptors (Lipinski definition) is 7. The number of phenolic OH excluding ortho intramolecular Hbond substituents is 1. The van der Waals surface area contributed by atoms with Crippen molar-refractivity contribution in [2.75, 3.05) is 7.11 Å². The number of oxazole rings is 1.